The van der Waals surface area contributed by atoms with Crippen molar-refractivity contribution in [3.05, 3.63) is 35.8 Å². The van der Waals surface area contributed by atoms with Gasteiger partial charge in [-0.25, -0.2) is 4.98 Å². The minimum atomic E-state index is -0.0738. The molecule has 7 nitrogen and oxygen atoms in total. The second-order valence-electron chi connectivity index (χ2n) is 10.2. The molecule has 3 N–H and O–H groups in total. The quantitative estimate of drug-likeness (QED) is 0.664. The number of imidazole rings is 1. The first-order valence-corrected chi connectivity index (χ1v) is 11.7. The van der Waals surface area contributed by atoms with Crippen LogP contribution in [0.3, 0.4) is 0 Å². The van der Waals surface area contributed by atoms with Crippen molar-refractivity contribution in [2.45, 2.75) is 52.0 Å². The van der Waals surface area contributed by atoms with E-state index in [0.717, 1.165) is 37.9 Å². The Balaban J connectivity index is 1.24. The Hall–Kier alpha value is -2.41. The third-order valence-electron chi connectivity index (χ3n) is 8.07. The van der Waals surface area contributed by atoms with E-state index in [2.05, 4.69) is 34.8 Å². The van der Waals surface area contributed by atoms with Gasteiger partial charge in [0.25, 0.3) is 5.91 Å². The maximum Gasteiger partial charge on any atom is 0.268 e. The van der Waals surface area contributed by atoms with Crippen molar-refractivity contribution in [1.82, 2.24) is 25.3 Å². The number of nitrogens with zero attached hydrogens (tertiary/aromatic N) is 2. The van der Waals surface area contributed by atoms with E-state index >= 15 is 0 Å². The van der Waals surface area contributed by atoms with E-state index in [0.29, 0.717) is 28.4 Å². The van der Waals surface area contributed by atoms with Crippen LogP contribution in [0, 0.1) is 23.2 Å². The molecule has 2 bridgehead atoms. The van der Waals surface area contributed by atoms with Gasteiger partial charge in [0.2, 0.25) is 5.91 Å². The van der Waals surface area contributed by atoms with Crippen molar-refractivity contribution in [1.29, 1.82) is 0 Å². The molecule has 1 aliphatic heterocycles. The minimum absolute atomic E-state index is 0.0261. The maximum atomic E-state index is 13.0. The van der Waals surface area contributed by atoms with Crippen molar-refractivity contribution < 1.29 is 9.59 Å². The molecule has 0 spiro atoms. The van der Waals surface area contributed by atoms with E-state index in [1.165, 1.54) is 19.3 Å². The largest absolute Gasteiger partial charge is 0.352 e. The molecule has 4 atom stereocenters. The molecule has 0 aromatic carbocycles. The SMILES string of the molecule is CC1(C)[C@@H]2CC[C@@H](CNC(=O)c3cccc4nc(CC(=O)NC5CCNC5)cn34)[C@H]1C2. The fourth-order valence-electron chi connectivity index (χ4n) is 6.07. The summed E-state index contributed by atoms with van der Waals surface area (Å²) in [6, 6.07) is 5.74. The zero-order valence-corrected chi connectivity index (χ0v) is 18.5. The summed E-state index contributed by atoms with van der Waals surface area (Å²) in [6.45, 7) is 7.26. The van der Waals surface area contributed by atoms with Crippen LogP contribution in [0.2, 0.25) is 0 Å². The Kier molecular flexibility index (Phi) is 5.24. The first-order valence-electron chi connectivity index (χ1n) is 11.7. The summed E-state index contributed by atoms with van der Waals surface area (Å²) in [5.74, 6) is 2.05. The fraction of sp³-hybridized carbons (Fsp3) is 0.625. The molecule has 166 valence electrons. The summed E-state index contributed by atoms with van der Waals surface area (Å²) in [6.07, 6.45) is 6.80. The highest BCUT2D eigenvalue weighted by Gasteiger charge is 2.53. The van der Waals surface area contributed by atoms with Gasteiger partial charge in [0.1, 0.15) is 11.3 Å². The van der Waals surface area contributed by atoms with Crippen LogP contribution in [-0.4, -0.2) is 46.9 Å². The van der Waals surface area contributed by atoms with E-state index in [1.54, 1.807) is 4.40 Å². The first-order chi connectivity index (χ1) is 14.9. The predicted octanol–water partition coefficient (Wildman–Crippen LogP) is 2.16. The van der Waals surface area contributed by atoms with Crippen LogP contribution in [0.5, 0.6) is 0 Å². The van der Waals surface area contributed by atoms with Crippen molar-refractivity contribution in [2.75, 3.05) is 19.6 Å². The predicted molar refractivity (Wildman–Crippen MR) is 119 cm³/mol. The highest BCUT2D eigenvalue weighted by atomic mass is 16.2. The molecule has 7 heteroatoms. The summed E-state index contributed by atoms with van der Waals surface area (Å²) in [5.41, 5.74) is 2.36. The van der Waals surface area contributed by atoms with E-state index in [4.69, 9.17) is 0 Å². The van der Waals surface area contributed by atoms with Gasteiger partial charge >= 0.3 is 0 Å². The van der Waals surface area contributed by atoms with Gasteiger partial charge < -0.3 is 16.0 Å². The lowest BCUT2D eigenvalue weighted by Gasteiger charge is -2.60. The highest BCUT2D eigenvalue weighted by Crippen LogP contribution is 2.61. The molecule has 6 rings (SSSR count). The number of fused-ring (bicyclic) bond motifs is 3. The molecular weight excluding hydrogens is 390 g/mol. The standard InChI is InChI=1S/C24H33N5O2/c1-24(2)16-7-6-15(19(24)10-16)12-26-23(31)20-4-3-5-21-27-18(14-29(20)21)11-22(30)28-17-8-9-25-13-17/h3-5,14-17,19,25H,6-13H2,1-2H3,(H,26,31)(H,28,30)/t15-,16+,17?,19+/m0/s1. The zero-order chi connectivity index (χ0) is 21.6. The van der Waals surface area contributed by atoms with Crippen molar-refractivity contribution in [2.24, 2.45) is 23.2 Å². The molecule has 31 heavy (non-hydrogen) atoms. The summed E-state index contributed by atoms with van der Waals surface area (Å²) in [5, 5.41) is 9.48. The van der Waals surface area contributed by atoms with Crippen molar-refractivity contribution in [3.8, 4) is 0 Å². The van der Waals surface area contributed by atoms with Crippen LogP contribution < -0.4 is 16.0 Å². The normalized spacial score (nSPS) is 28.8. The van der Waals surface area contributed by atoms with Gasteiger partial charge in [0.05, 0.1) is 12.1 Å². The highest BCUT2D eigenvalue weighted by molar-refractivity contribution is 5.93. The van der Waals surface area contributed by atoms with Crippen molar-refractivity contribution in [3.63, 3.8) is 0 Å². The number of carbonyl (C=O) groups excluding carboxylic acids is 2. The van der Waals surface area contributed by atoms with Gasteiger partial charge in [-0.3, -0.25) is 14.0 Å². The van der Waals surface area contributed by atoms with E-state index in [1.807, 2.05) is 24.4 Å². The van der Waals surface area contributed by atoms with Crippen LogP contribution in [0.4, 0.5) is 0 Å². The van der Waals surface area contributed by atoms with Crippen molar-refractivity contribution >= 4 is 17.5 Å². The number of aromatic nitrogens is 2. The number of amides is 2. The number of rotatable bonds is 6. The van der Waals surface area contributed by atoms with Crippen LogP contribution in [0.1, 0.15) is 55.7 Å². The molecule has 1 unspecified atom stereocenters. The lowest BCUT2D eigenvalue weighted by atomic mass is 9.45. The maximum absolute atomic E-state index is 13.0. The molecule has 3 saturated carbocycles. The second kappa shape index (κ2) is 7.93. The summed E-state index contributed by atoms with van der Waals surface area (Å²) in [4.78, 5) is 29.9. The van der Waals surface area contributed by atoms with Crippen LogP contribution in [0.15, 0.2) is 24.4 Å². The summed E-state index contributed by atoms with van der Waals surface area (Å²) >= 11 is 0. The average molecular weight is 424 g/mol. The second-order valence-corrected chi connectivity index (χ2v) is 10.2. The smallest absolute Gasteiger partial charge is 0.268 e. The topological polar surface area (TPSA) is 87.5 Å². The third-order valence-corrected chi connectivity index (χ3v) is 8.07. The minimum Gasteiger partial charge on any atom is -0.352 e. The third kappa shape index (κ3) is 3.84. The van der Waals surface area contributed by atoms with Gasteiger partial charge in [-0.1, -0.05) is 19.9 Å². The summed E-state index contributed by atoms with van der Waals surface area (Å²) < 4.78 is 1.80. The molecule has 2 amide bonds. The van der Waals surface area contributed by atoms with Crippen LogP contribution in [0.25, 0.3) is 5.65 Å². The Labute approximate surface area is 183 Å². The molecule has 4 aliphatic rings. The van der Waals surface area contributed by atoms with Gasteiger partial charge in [0, 0.05) is 25.3 Å². The molecular formula is C24H33N5O2. The van der Waals surface area contributed by atoms with E-state index in [-0.39, 0.29) is 24.3 Å². The van der Waals surface area contributed by atoms with Gasteiger partial charge in [0.15, 0.2) is 0 Å². The molecule has 2 aromatic heterocycles. The Morgan fingerprint density at radius 2 is 2.13 bits per heavy atom. The molecule has 2 aromatic rings. The molecule has 1 saturated heterocycles. The fourth-order valence-corrected chi connectivity index (χ4v) is 6.07. The molecule has 4 fully saturated rings. The molecule has 3 aliphatic carbocycles. The lowest BCUT2D eigenvalue weighted by Crippen LogP contribution is -2.54. The van der Waals surface area contributed by atoms with Gasteiger partial charge in [-0.2, -0.15) is 0 Å². The lowest BCUT2D eigenvalue weighted by molar-refractivity contribution is -0.121. The monoisotopic (exact) mass is 423 g/mol. The van der Waals surface area contributed by atoms with E-state index in [9.17, 15) is 9.59 Å². The van der Waals surface area contributed by atoms with Gasteiger partial charge in [-0.05, 0) is 67.5 Å². The number of carbonyl (C=O) groups is 2. The molecule has 0 radical (unpaired) electrons. The summed E-state index contributed by atoms with van der Waals surface area (Å²) in [7, 11) is 0. The average Bonchev–Trinajstić information content (AvgIpc) is 3.40. The zero-order valence-electron chi connectivity index (χ0n) is 18.5. The van der Waals surface area contributed by atoms with Crippen LogP contribution in [-0.2, 0) is 11.2 Å². The Morgan fingerprint density at radius 1 is 1.26 bits per heavy atom. The number of hydrogen-bond acceptors (Lipinski definition) is 4. The number of pyridine rings is 1. The number of hydrogen-bond donors (Lipinski definition) is 3. The van der Waals surface area contributed by atoms with E-state index < -0.39 is 0 Å². The molecule has 3 heterocycles. The van der Waals surface area contributed by atoms with Crippen LogP contribution >= 0.6 is 0 Å². The first kappa shape index (κ1) is 20.5. The Morgan fingerprint density at radius 3 is 2.87 bits per heavy atom. The Bertz CT molecular complexity index is 989. The van der Waals surface area contributed by atoms with Gasteiger partial charge in [-0.15, -0.1) is 0 Å². The number of nitrogens with one attached hydrogen (secondary N) is 3.